The predicted octanol–water partition coefficient (Wildman–Crippen LogP) is 4.05. The molecule has 0 aliphatic carbocycles. The Labute approximate surface area is 177 Å². The van der Waals surface area contributed by atoms with Gasteiger partial charge >= 0.3 is 0 Å². The van der Waals surface area contributed by atoms with Crippen molar-refractivity contribution in [1.29, 1.82) is 0 Å². The third kappa shape index (κ3) is 9.47. The van der Waals surface area contributed by atoms with Crippen LogP contribution in [0.1, 0.15) is 39.0 Å². The molecule has 1 aromatic carbocycles. The van der Waals surface area contributed by atoms with E-state index in [4.69, 9.17) is 4.74 Å². The van der Waals surface area contributed by atoms with Gasteiger partial charge in [-0.3, -0.25) is 9.79 Å². The van der Waals surface area contributed by atoms with Crippen LogP contribution in [-0.4, -0.2) is 37.1 Å². The number of guanidine groups is 1. The monoisotopic (exact) mass is 416 g/mol. The fraction of sp³-hybridized carbons (Fsp3) is 0.455. The Balaban J connectivity index is 1.94. The molecular formula is C22H32N4O2S. The van der Waals surface area contributed by atoms with Crippen molar-refractivity contribution < 1.29 is 9.53 Å². The molecule has 2 rings (SSSR count). The first kappa shape index (κ1) is 22.7. The van der Waals surface area contributed by atoms with Crippen molar-refractivity contribution in [2.24, 2.45) is 4.99 Å². The highest BCUT2D eigenvalue weighted by Gasteiger charge is 2.06. The number of carbonyl (C=O) groups is 1. The number of carbonyl (C=O) groups excluding carboxylic acids is 1. The van der Waals surface area contributed by atoms with E-state index in [1.54, 1.807) is 11.3 Å². The van der Waals surface area contributed by atoms with Gasteiger partial charge in [-0.15, -0.1) is 11.3 Å². The number of hydrogen-bond donors (Lipinski definition) is 3. The highest BCUT2D eigenvalue weighted by molar-refractivity contribution is 7.09. The Kier molecular flexibility index (Phi) is 9.50. The molecule has 0 aliphatic heterocycles. The van der Waals surface area contributed by atoms with Crippen LogP contribution in [-0.2, 0) is 11.2 Å². The second kappa shape index (κ2) is 12.1. The maximum Gasteiger partial charge on any atom is 0.221 e. The molecule has 0 fully saturated rings. The van der Waals surface area contributed by atoms with Crippen LogP contribution in [0.2, 0.25) is 0 Å². The third-order valence-electron chi connectivity index (χ3n) is 3.79. The number of rotatable bonds is 10. The molecule has 2 aromatic rings. The summed E-state index contributed by atoms with van der Waals surface area (Å²) in [5.41, 5.74) is 0.912. The molecule has 0 bridgehead atoms. The highest BCUT2D eigenvalue weighted by Crippen LogP contribution is 2.17. The molecule has 158 valence electrons. The summed E-state index contributed by atoms with van der Waals surface area (Å²) in [5.74, 6) is 1.53. The van der Waals surface area contributed by atoms with Crippen LogP contribution in [0.3, 0.4) is 0 Å². The lowest BCUT2D eigenvalue weighted by molar-refractivity contribution is -0.121. The summed E-state index contributed by atoms with van der Waals surface area (Å²) in [4.78, 5) is 17.8. The number of ether oxygens (including phenoxy) is 1. The van der Waals surface area contributed by atoms with Crippen molar-refractivity contribution in [2.75, 3.05) is 18.4 Å². The topological polar surface area (TPSA) is 74.8 Å². The lowest BCUT2D eigenvalue weighted by Gasteiger charge is -2.14. The third-order valence-corrected chi connectivity index (χ3v) is 4.73. The summed E-state index contributed by atoms with van der Waals surface area (Å²) in [6.45, 7) is 9.10. The average Bonchev–Trinajstić information content (AvgIpc) is 3.15. The molecule has 1 amide bonds. The van der Waals surface area contributed by atoms with Gasteiger partial charge in [0.1, 0.15) is 5.75 Å². The molecule has 0 aliphatic rings. The minimum absolute atomic E-state index is 0.0284. The van der Waals surface area contributed by atoms with Gasteiger partial charge in [0.05, 0.1) is 6.10 Å². The number of benzene rings is 1. The molecule has 1 heterocycles. The lowest BCUT2D eigenvalue weighted by atomic mass is 10.3. The zero-order valence-electron chi connectivity index (χ0n) is 17.7. The Morgan fingerprint density at radius 1 is 1.14 bits per heavy atom. The molecule has 0 saturated carbocycles. The number of aliphatic imine (C=N–C) groups is 1. The molecule has 6 nitrogen and oxygen atoms in total. The van der Waals surface area contributed by atoms with Crippen molar-refractivity contribution in [3.05, 3.63) is 46.7 Å². The number of nitrogens with zero attached hydrogens (tertiary/aromatic N) is 1. The van der Waals surface area contributed by atoms with Crippen LogP contribution >= 0.6 is 11.3 Å². The van der Waals surface area contributed by atoms with Gasteiger partial charge in [0.2, 0.25) is 5.91 Å². The van der Waals surface area contributed by atoms with Crippen LogP contribution in [0, 0.1) is 0 Å². The maximum atomic E-state index is 11.9. The Hall–Kier alpha value is -2.54. The van der Waals surface area contributed by atoms with Gasteiger partial charge in [-0.1, -0.05) is 6.07 Å². The number of hydrogen-bond acceptors (Lipinski definition) is 4. The molecule has 3 N–H and O–H groups in total. The maximum absolute atomic E-state index is 11.9. The van der Waals surface area contributed by atoms with Crippen LogP contribution in [0.15, 0.2) is 46.8 Å². The summed E-state index contributed by atoms with van der Waals surface area (Å²) < 4.78 is 5.69. The molecular weight excluding hydrogens is 384 g/mol. The van der Waals surface area contributed by atoms with Crippen molar-refractivity contribution in [2.45, 2.75) is 52.7 Å². The zero-order chi connectivity index (χ0) is 21.1. The summed E-state index contributed by atoms with van der Waals surface area (Å²) in [6, 6.07) is 12.1. The molecule has 7 heteroatoms. The van der Waals surface area contributed by atoms with E-state index in [0.29, 0.717) is 25.5 Å². The number of amides is 1. The van der Waals surface area contributed by atoms with Crippen LogP contribution in [0.4, 0.5) is 5.69 Å². The van der Waals surface area contributed by atoms with Gasteiger partial charge in [-0.25, -0.2) is 0 Å². The van der Waals surface area contributed by atoms with Crippen molar-refractivity contribution in [3.8, 4) is 5.75 Å². The van der Waals surface area contributed by atoms with Gasteiger partial charge in [0.15, 0.2) is 5.96 Å². The molecule has 29 heavy (non-hydrogen) atoms. The average molecular weight is 417 g/mol. The van der Waals surface area contributed by atoms with E-state index >= 15 is 0 Å². The van der Waals surface area contributed by atoms with E-state index in [0.717, 1.165) is 17.9 Å². The van der Waals surface area contributed by atoms with Gasteiger partial charge in [-0.05, 0) is 63.4 Å². The fourth-order valence-corrected chi connectivity index (χ4v) is 3.28. The highest BCUT2D eigenvalue weighted by atomic mass is 32.1. The van der Waals surface area contributed by atoms with E-state index in [-0.39, 0.29) is 18.1 Å². The second-order valence-corrected chi connectivity index (χ2v) is 8.31. The van der Waals surface area contributed by atoms with Gasteiger partial charge in [0, 0.05) is 42.5 Å². The van der Waals surface area contributed by atoms with E-state index in [9.17, 15) is 4.79 Å². The zero-order valence-corrected chi connectivity index (χ0v) is 18.5. The molecule has 0 radical (unpaired) electrons. The SMILES string of the molecule is CC(C)NC(=O)CCNC(=NCCc1cccs1)Nc1ccc(OC(C)C)cc1. The molecule has 0 unspecified atom stereocenters. The van der Waals surface area contributed by atoms with Gasteiger partial charge in [0.25, 0.3) is 0 Å². The smallest absolute Gasteiger partial charge is 0.221 e. The fourth-order valence-electron chi connectivity index (χ4n) is 2.59. The summed E-state index contributed by atoms with van der Waals surface area (Å²) in [7, 11) is 0. The number of thiophene rings is 1. The van der Waals surface area contributed by atoms with Crippen molar-refractivity contribution >= 4 is 28.9 Å². The number of anilines is 1. The molecule has 0 spiro atoms. The first-order valence-electron chi connectivity index (χ1n) is 10.1. The number of nitrogens with one attached hydrogen (secondary N) is 3. The second-order valence-electron chi connectivity index (χ2n) is 7.27. The lowest BCUT2D eigenvalue weighted by Crippen LogP contribution is -2.36. The summed E-state index contributed by atoms with van der Waals surface area (Å²) in [5, 5.41) is 11.5. The van der Waals surface area contributed by atoms with Crippen LogP contribution in [0.25, 0.3) is 0 Å². The Bertz CT molecular complexity index is 756. The van der Waals surface area contributed by atoms with Crippen LogP contribution < -0.4 is 20.7 Å². The predicted molar refractivity (Wildman–Crippen MR) is 122 cm³/mol. The van der Waals surface area contributed by atoms with Crippen molar-refractivity contribution in [3.63, 3.8) is 0 Å². The minimum Gasteiger partial charge on any atom is -0.491 e. The van der Waals surface area contributed by atoms with E-state index in [1.807, 2.05) is 52.0 Å². The molecule has 0 saturated heterocycles. The summed E-state index contributed by atoms with van der Waals surface area (Å²) >= 11 is 1.74. The van der Waals surface area contributed by atoms with Crippen LogP contribution in [0.5, 0.6) is 5.75 Å². The minimum atomic E-state index is 0.0284. The van der Waals surface area contributed by atoms with E-state index in [1.165, 1.54) is 4.88 Å². The Morgan fingerprint density at radius 2 is 1.90 bits per heavy atom. The van der Waals surface area contributed by atoms with Crippen molar-refractivity contribution in [1.82, 2.24) is 10.6 Å². The van der Waals surface area contributed by atoms with E-state index in [2.05, 4.69) is 38.5 Å². The van der Waals surface area contributed by atoms with Gasteiger partial charge < -0.3 is 20.7 Å². The van der Waals surface area contributed by atoms with Gasteiger partial charge in [-0.2, -0.15) is 0 Å². The largest absolute Gasteiger partial charge is 0.491 e. The normalized spacial score (nSPS) is 11.6. The standard InChI is InChI=1S/C22H32N4O2S/c1-16(2)25-21(27)12-14-24-22(23-13-11-20-6-5-15-29-20)26-18-7-9-19(10-8-18)28-17(3)4/h5-10,15-17H,11-14H2,1-4H3,(H,25,27)(H2,23,24,26). The first-order chi connectivity index (χ1) is 13.9. The Morgan fingerprint density at radius 3 is 2.52 bits per heavy atom. The van der Waals surface area contributed by atoms with E-state index < -0.39 is 0 Å². The molecule has 0 atom stereocenters. The molecule has 1 aromatic heterocycles. The summed E-state index contributed by atoms with van der Waals surface area (Å²) in [6.07, 6.45) is 1.42. The quantitative estimate of drug-likeness (QED) is 0.403. The first-order valence-corrected chi connectivity index (χ1v) is 10.9.